The lowest BCUT2D eigenvalue weighted by Crippen LogP contribution is -2.64. The van der Waals surface area contributed by atoms with Crippen LogP contribution in [0.5, 0.6) is 5.75 Å². The second-order valence-corrected chi connectivity index (χ2v) is 17.5. The minimum absolute atomic E-state index is 0.0536. The van der Waals surface area contributed by atoms with Crippen molar-refractivity contribution in [2.24, 2.45) is 15.9 Å². The number of carbonyl (C=O) groups excluding carboxylic acids is 3. The molecule has 1 aromatic rings. The Hall–Kier alpha value is -4.03. The zero-order valence-electron chi connectivity index (χ0n) is 35.7. The highest BCUT2D eigenvalue weighted by Gasteiger charge is 2.53. The number of amides is 2. The van der Waals surface area contributed by atoms with E-state index in [0.29, 0.717) is 24.9 Å². The number of methoxy groups -OCH3 is 1. The molecule has 0 spiro atoms. The molecular weight excluding hydrogens is 713 g/mol. The lowest BCUT2D eigenvalue weighted by Gasteiger charge is -2.52. The second kappa shape index (κ2) is 20.9. The summed E-state index contributed by atoms with van der Waals surface area (Å²) in [4.78, 5) is 53.2. The quantitative estimate of drug-likeness (QED) is 0.0524. The number of hydrogen-bond acceptors (Lipinski definition) is 11. The van der Waals surface area contributed by atoms with Crippen molar-refractivity contribution in [3.63, 3.8) is 0 Å². The number of unbranched alkanes of at least 4 members (excludes halogenated alkanes) is 7. The first kappa shape index (κ1) is 44.7. The highest BCUT2D eigenvalue weighted by Crippen LogP contribution is 2.43. The molecule has 56 heavy (non-hydrogen) atoms. The van der Waals surface area contributed by atoms with E-state index in [2.05, 4.69) is 51.4 Å². The average Bonchev–Trinajstić information content (AvgIpc) is 3.52. The summed E-state index contributed by atoms with van der Waals surface area (Å²) >= 11 is 0. The standard InChI is InChI=1S/C43H70N6O7/c1-10-11-12-13-14-15-16-19-32-28-33-22-25-35-36(30(2)45-39(49(33)35)48(32)29-31-20-23-34(53-9)24-21-31)37(50)54-27-18-17-26-44-38(46-40(51)55-42(3,4)5)47-41(52)56-43(6,7)8/h20-21,23-24,30,32-33,35-36H,10-19,22,25-29H2,1-9H3,(H2,44,46,47,51,52)/t30-,32-,33-,35+,36+/m1/s1. The number of alkyl carbamates (subject to hydrolysis) is 2. The minimum atomic E-state index is -0.746. The number of esters is 1. The van der Waals surface area contributed by atoms with Crippen LogP contribution in [0.4, 0.5) is 9.59 Å². The minimum Gasteiger partial charge on any atom is -0.497 e. The maximum atomic E-state index is 13.8. The lowest BCUT2D eigenvalue weighted by molar-refractivity contribution is -0.152. The molecule has 2 amide bonds. The SMILES string of the molecule is CCCCCCCCC[C@@H]1C[C@H]2CC[C@H]3[C@@H](C(=O)OCCCCN=C(NC(=O)OC(C)(C)C)NC(=O)OC(C)(C)C)[C@@H](C)N=C(N1Cc1ccc(OC)cc1)N23. The molecule has 0 aliphatic carbocycles. The number of rotatable bonds is 17. The first-order chi connectivity index (χ1) is 26.6. The Labute approximate surface area is 335 Å². The Kier molecular flexibility index (Phi) is 16.7. The fraction of sp³-hybridized carbons (Fsp3) is 0.744. The van der Waals surface area contributed by atoms with Gasteiger partial charge in [0.2, 0.25) is 5.96 Å². The van der Waals surface area contributed by atoms with Crippen LogP contribution in [-0.4, -0.2) is 95.5 Å². The maximum absolute atomic E-state index is 13.8. The highest BCUT2D eigenvalue weighted by atomic mass is 16.6. The Balaban J connectivity index is 1.37. The third-order valence-corrected chi connectivity index (χ3v) is 10.5. The number of aliphatic imine (C=N–C) groups is 2. The van der Waals surface area contributed by atoms with E-state index in [4.69, 9.17) is 23.9 Å². The van der Waals surface area contributed by atoms with Gasteiger partial charge in [-0.15, -0.1) is 0 Å². The van der Waals surface area contributed by atoms with Crippen LogP contribution in [0.25, 0.3) is 0 Å². The summed E-state index contributed by atoms with van der Waals surface area (Å²) in [5.41, 5.74) is -0.237. The van der Waals surface area contributed by atoms with E-state index >= 15 is 0 Å². The Morgan fingerprint density at radius 3 is 2.09 bits per heavy atom. The Bertz CT molecular complexity index is 1450. The molecule has 2 fully saturated rings. The number of carbonyl (C=O) groups is 3. The molecular formula is C43H70N6O7. The molecule has 2 saturated heterocycles. The van der Waals surface area contributed by atoms with Gasteiger partial charge in [-0.1, -0.05) is 64.0 Å². The predicted molar refractivity (Wildman–Crippen MR) is 220 cm³/mol. The molecule has 0 bridgehead atoms. The maximum Gasteiger partial charge on any atom is 0.414 e. The van der Waals surface area contributed by atoms with E-state index in [9.17, 15) is 14.4 Å². The van der Waals surface area contributed by atoms with Crippen molar-refractivity contribution in [3.05, 3.63) is 29.8 Å². The zero-order chi connectivity index (χ0) is 40.9. The molecule has 0 radical (unpaired) electrons. The van der Waals surface area contributed by atoms with Gasteiger partial charge >= 0.3 is 18.2 Å². The van der Waals surface area contributed by atoms with Crippen LogP contribution < -0.4 is 15.4 Å². The van der Waals surface area contributed by atoms with Gasteiger partial charge < -0.3 is 28.7 Å². The molecule has 13 heteroatoms. The molecule has 314 valence electrons. The van der Waals surface area contributed by atoms with Crippen molar-refractivity contribution >= 4 is 30.1 Å². The molecule has 4 rings (SSSR count). The van der Waals surface area contributed by atoms with Gasteiger partial charge in [0, 0.05) is 31.2 Å². The number of ether oxygens (including phenoxy) is 4. The number of benzene rings is 1. The monoisotopic (exact) mass is 783 g/mol. The third kappa shape index (κ3) is 13.9. The van der Waals surface area contributed by atoms with Crippen LogP contribution in [0.2, 0.25) is 0 Å². The summed E-state index contributed by atoms with van der Waals surface area (Å²) in [6, 6.07) is 8.96. The number of nitrogens with one attached hydrogen (secondary N) is 2. The van der Waals surface area contributed by atoms with Crippen LogP contribution >= 0.6 is 0 Å². The van der Waals surface area contributed by atoms with Gasteiger partial charge in [0.05, 0.1) is 25.7 Å². The third-order valence-electron chi connectivity index (χ3n) is 10.5. The van der Waals surface area contributed by atoms with Gasteiger partial charge in [-0.3, -0.25) is 20.4 Å². The normalized spacial score (nSPS) is 21.7. The molecule has 13 nitrogen and oxygen atoms in total. The molecule has 0 unspecified atom stereocenters. The van der Waals surface area contributed by atoms with Crippen molar-refractivity contribution < 1.29 is 33.3 Å². The van der Waals surface area contributed by atoms with Crippen molar-refractivity contribution in [3.8, 4) is 5.75 Å². The van der Waals surface area contributed by atoms with E-state index < -0.39 is 23.4 Å². The van der Waals surface area contributed by atoms with Crippen LogP contribution in [0.3, 0.4) is 0 Å². The first-order valence-electron chi connectivity index (χ1n) is 21.0. The van der Waals surface area contributed by atoms with E-state index in [1.54, 1.807) is 48.7 Å². The molecule has 3 aliphatic rings. The highest BCUT2D eigenvalue weighted by molar-refractivity contribution is 6.01. The van der Waals surface area contributed by atoms with Gasteiger partial charge in [-0.25, -0.2) is 14.6 Å². The summed E-state index contributed by atoms with van der Waals surface area (Å²) in [5, 5.41) is 4.99. The van der Waals surface area contributed by atoms with Gasteiger partial charge in [-0.05, 0) is 105 Å². The van der Waals surface area contributed by atoms with Crippen molar-refractivity contribution in [1.29, 1.82) is 0 Å². The summed E-state index contributed by atoms with van der Waals surface area (Å²) in [6.07, 6.45) is 12.9. The van der Waals surface area contributed by atoms with Crippen molar-refractivity contribution in [2.45, 2.75) is 181 Å². The topological polar surface area (TPSA) is 143 Å². The van der Waals surface area contributed by atoms with E-state index in [-0.39, 0.29) is 43.1 Å². The van der Waals surface area contributed by atoms with E-state index in [1.165, 1.54) is 50.5 Å². The molecule has 0 aromatic heterocycles. The summed E-state index contributed by atoms with van der Waals surface area (Å²) < 4.78 is 22.0. The van der Waals surface area contributed by atoms with Gasteiger partial charge in [-0.2, -0.15) is 0 Å². The van der Waals surface area contributed by atoms with Crippen LogP contribution in [-0.2, 0) is 25.5 Å². The average molecular weight is 783 g/mol. The lowest BCUT2D eigenvalue weighted by atomic mass is 9.89. The molecule has 3 heterocycles. The number of hydrogen-bond donors (Lipinski definition) is 2. The second-order valence-electron chi connectivity index (χ2n) is 17.5. The van der Waals surface area contributed by atoms with E-state index in [0.717, 1.165) is 43.9 Å². The number of nitrogens with zero attached hydrogens (tertiary/aromatic N) is 4. The zero-order valence-corrected chi connectivity index (χ0v) is 35.7. The molecule has 0 saturated carbocycles. The molecule has 1 aromatic carbocycles. The van der Waals surface area contributed by atoms with E-state index in [1.807, 2.05) is 12.1 Å². The van der Waals surface area contributed by atoms with Crippen molar-refractivity contribution in [2.75, 3.05) is 20.3 Å². The summed E-state index contributed by atoms with van der Waals surface area (Å²) in [7, 11) is 1.69. The predicted octanol–water partition coefficient (Wildman–Crippen LogP) is 8.35. The van der Waals surface area contributed by atoms with Gasteiger partial charge in [0.25, 0.3) is 0 Å². The van der Waals surface area contributed by atoms with Crippen LogP contribution in [0, 0.1) is 5.92 Å². The summed E-state index contributed by atoms with van der Waals surface area (Å²) in [5.74, 6) is 1.27. The number of guanidine groups is 2. The van der Waals surface area contributed by atoms with Crippen molar-refractivity contribution in [1.82, 2.24) is 20.4 Å². The van der Waals surface area contributed by atoms with Crippen LogP contribution in [0.15, 0.2) is 34.3 Å². The molecule has 3 aliphatic heterocycles. The van der Waals surface area contributed by atoms with Crippen LogP contribution in [0.1, 0.15) is 144 Å². The molecule has 5 atom stereocenters. The largest absolute Gasteiger partial charge is 0.497 e. The van der Waals surface area contributed by atoms with Gasteiger partial charge in [0.1, 0.15) is 17.0 Å². The fourth-order valence-corrected chi connectivity index (χ4v) is 7.96. The Morgan fingerprint density at radius 1 is 0.857 bits per heavy atom. The fourth-order valence-electron chi connectivity index (χ4n) is 7.96. The smallest absolute Gasteiger partial charge is 0.414 e. The first-order valence-corrected chi connectivity index (χ1v) is 21.0. The molecule has 2 N–H and O–H groups in total. The Morgan fingerprint density at radius 2 is 1.48 bits per heavy atom. The van der Waals surface area contributed by atoms with Gasteiger partial charge in [0.15, 0.2) is 5.96 Å². The summed E-state index contributed by atoms with van der Waals surface area (Å²) in [6.45, 7) is 16.1.